The Morgan fingerprint density at radius 1 is 1.28 bits per heavy atom. The summed E-state index contributed by atoms with van der Waals surface area (Å²) >= 11 is 0. The predicted octanol–water partition coefficient (Wildman–Crippen LogP) is 3.85. The van der Waals surface area contributed by atoms with E-state index >= 15 is 0 Å². The van der Waals surface area contributed by atoms with Crippen molar-refractivity contribution in [1.29, 1.82) is 0 Å². The lowest BCUT2D eigenvalue weighted by atomic mass is 9.63. The lowest BCUT2D eigenvalue weighted by molar-refractivity contribution is 0.438. The van der Waals surface area contributed by atoms with Gasteiger partial charge < -0.3 is 10.3 Å². The van der Waals surface area contributed by atoms with Crippen LogP contribution < -0.4 is 10.9 Å². The summed E-state index contributed by atoms with van der Waals surface area (Å²) in [5.41, 5.74) is 5.52. The van der Waals surface area contributed by atoms with Crippen LogP contribution in [0, 0.1) is 12.8 Å². The minimum Gasteiger partial charge on any atom is -0.356 e. The maximum absolute atomic E-state index is 11.9. The van der Waals surface area contributed by atoms with Gasteiger partial charge in [-0.25, -0.2) is 4.98 Å². The molecule has 0 aliphatic heterocycles. The van der Waals surface area contributed by atoms with Crippen LogP contribution in [-0.4, -0.2) is 9.97 Å². The normalized spacial score (nSPS) is 26.1. The summed E-state index contributed by atoms with van der Waals surface area (Å²) in [7, 11) is 0. The van der Waals surface area contributed by atoms with Crippen molar-refractivity contribution in [3.8, 4) is 0 Å². The minimum atomic E-state index is -0.350. The number of nitrogens with zero attached hydrogens (tertiary/aromatic N) is 1. The molecule has 0 fully saturated rings. The summed E-state index contributed by atoms with van der Waals surface area (Å²) in [6, 6.07) is 9.65. The van der Waals surface area contributed by atoms with Crippen LogP contribution in [0.2, 0.25) is 0 Å². The third kappa shape index (κ3) is 2.53. The number of anilines is 1. The second-order valence-corrected chi connectivity index (χ2v) is 7.15. The van der Waals surface area contributed by atoms with Gasteiger partial charge in [-0.15, -0.1) is 0 Å². The molecule has 2 atom stereocenters. The van der Waals surface area contributed by atoms with Gasteiger partial charge in [-0.1, -0.05) is 23.8 Å². The van der Waals surface area contributed by atoms with Crippen LogP contribution in [-0.2, 0) is 12.0 Å². The number of hydrogen-bond acceptors (Lipinski definition) is 3. The van der Waals surface area contributed by atoms with E-state index in [1.807, 2.05) is 31.2 Å². The van der Waals surface area contributed by atoms with Gasteiger partial charge in [0.05, 0.1) is 5.54 Å². The average Bonchev–Trinajstić information content (AvgIpc) is 2.53. The topological polar surface area (TPSA) is 57.8 Å². The largest absolute Gasteiger partial charge is 0.356 e. The molecule has 0 unspecified atom stereocenters. The fourth-order valence-electron chi connectivity index (χ4n) is 4.52. The average molecular weight is 333 g/mol. The monoisotopic (exact) mass is 333 g/mol. The molecule has 4 rings (SSSR count). The number of pyridine rings is 2. The van der Waals surface area contributed by atoms with E-state index in [0.717, 1.165) is 35.6 Å². The number of fused-ring (bicyclic) bond motifs is 4. The Kier molecular flexibility index (Phi) is 3.64. The Balaban J connectivity index is 1.94. The molecule has 2 aromatic rings. The highest BCUT2D eigenvalue weighted by Crippen LogP contribution is 2.50. The van der Waals surface area contributed by atoms with Gasteiger partial charge in [-0.3, -0.25) is 4.79 Å². The molecular weight excluding hydrogens is 310 g/mol. The number of aromatic amines is 1. The molecule has 2 aliphatic carbocycles. The highest BCUT2D eigenvalue weighted by Gasteiger charge is 2.46. The van der Waals surface area contributed by atoms with E-state index in [-0.39, 0.29) is 11.1 Å². The SMILES string of the molecule is C/C=C1\[C@H]2C=C(C)C[C@]1(Nc1cccc(C)n1)c1ccc(=O)[nH]c1C2. The maximum Gasteiger partial charge on any atom is 0.248 e. The predicted molar refractivity (Wildman–Crippen MR) is 101 cm³/mol. The van der Waals surface area contributed by atoms with Crippen molar-refractivity contribution in [2.75, 3.05) is 5.32 Å². The van der Waals surface area contributed by atoms with Gasteiger partial charge >= 0.3 is 0 Å². The molecule has 0 aromatic carbocycles. The van der Waals surface area contributed by atoms with Crippen LogP contribution in [0.15, 0.2) is 58.4 Å². The van der Waals surface area contributed by atoms with Crippen molar-refractivity contribution >= 4 is 5.82 Å². The molecule has 2 heterocycles. The fourth-order valence-corrected chi connectivity index (χ4v) is 4.52. The van der Waals surface area contributed by atoms with Crippen molar-refractivity contribution < 1.29 is 0 Å². The number of hydrogen-bond donors (Lipinski definition) is 2. The third-order valence-electron chi connectivity index (χ3n) is 5.35. The van der Waals surface area contributed by atoms with Gasteiger partial charge in [-0.2, -0.15) is 0 Å². The summed E-state index contributed by atoms with van der Waals surface area (Å²) in [5.74, 6) is 1.17. The minimum absolute atomic E-state index is 0.0368. The van der Waals surface area contributed by atoms with Crippen molar-refractivity contribution in [1.82, 2.24) is 9.97 Å². The summed E-state index contributed by atoms with van der Waals surface area (Å²) < 4.78 is 0. The zero-order valence-electron chi connectivity index (χ0n) is 14.9. The summed E-state index contributed by atoms with van der Waals surface area (Å²) in [4.78, 5) is 19.6. The molecule has 4 heteroatoms. The Labute approximate surface area is 147 Å². The zero-order valence-corrected chi connectivity index (χ0v) is 14.9. The molecule has 0 radical (unpaired) electrons. The highest BCUT2D eigenvalue weighted by atomic mass is 16.1. The number of aryl methyl sites for hydroxylation is 1. The van der Waals surface area contributed by atoms with Crippen molar-refractivity contribution in [3.63, 3.8) is 0 Å². The van der Waals surface area contributed by atoms with Crippen molar-refractivity contribution in [2.45, 2.75) is 39.2 Å². The Bertz CT molecular complexity index is 954. The number of allylic oxidation sites excluding steroid dienone is 2. The molecule has 2 bridgehead atoms. The van der Waals surface area contributed by atoms with E-state index in [2.05, 4.69) is 41.3 Å². The van der Waals surface area contributed by atoms with Crippen LogP contribution >= 0.6 is 0 Å². The fraction of sp³-hybridized carbons (Fsp3) is 0.333. The van der Waals surface area contributed by atoms with Gasteiger partial charge in [0.25, 0.3) is 0 Å². The van der Waals surface area contributed by atoms with Crippen LogP contribution in [0.25, 0.3) is 0 Å². The molecule has 0 amide bonds. The van der Waals surface area contributed by atoms with Crippen LogP contribution in [0.3, 0.4) is 0 Å². The molecule has 2 aromatic heterocycles. The zero-order chi connectivity index (χ0) is 17.6. The summed E-state index contributed by atoms with van der Waals surface area (Å²) in [6.07, 6.45) is 6.28. The molecule has 25 heavy (non-hydrogen) atoms. The second-order valence-electron chi connectivity index (χ2n) is 7.15. The first-order valence-corrected chi connectivity index (χ1v) is 8.80. The number of nitrogens with one attached hydrogen (secondary N) is 2. The Morgan fingerprint density at radius 3 is 2.88 bits per heavy atom. The molecule has 2 N–H and O–H groups in total. The number of H-pyrrole nitrogens is 1. The lowest BCUT2D eigenvalue weighted by Crippen LogP contribution is -2.47. The quantitative estimate of drug-likeness (QED) is 0.821. The molecule has 0 spiro atoms. The summed E-state index contributed by atoms with van der Waals surface area (Å²) in [5, 5.41) is 3.73. The highest BCUT2D eigenvalue weighted by molar-refractivity contribution is 5.56. The van der Waals surface area contributed by atoms with Crippen LogP contribution in [0.1, 0.15) is 37.2 Å². The van der Waals surface area contributed by atoms with Gasteiger partial charge in [0, 0.05) is 28.9 Å². The molecule has 0 saturated heterocycles. The van der Waals surface area contributed by atoms with Gasteiger partial charge in [0.15, 0.2) is 0 Å². The summed E-state index contributed by atoms with van der Waals surface area (Å²) in [6.45, 7) is 6.30. The van der Waals surface area contributed by atoms with Gasteiger partial charge in [-0.05, 0) is 57.4 Å². The lowest BCUT2D eigenvalue weighted by Gasteiger charge is -2.48. The van der Waals surface area contributed by atoms with Gasteiger partial charge in [0.2, 0.25) is 5.56 Å². The third-order valence-corrected chi connectivity index (χ3v) is 5.35. The molecule has 0 saturated carbocycles. The van der Waals surface area contributed by atoms with E-state index < -0.39 is 0 Å². The first-order valence-electron chi connectivity index (χ1n) is 8.80. The van der Waals surface area contributed by atoms with E-state index in [0.29, 0.717) is 5.92 Å². The maximum atomic E-state index is 11.9. The van der Waals surface area contributed by atoms with E-state index in [4.69, 9.17) is 0 Å². The molecule has 2 aliphatic rings. The standard InChI is InChI=1S/C21H23N3O/c1-4-16-15-10-13(2)12-21(16,24-19-7-5-6-14(3)22-19)17-8-9-20(25)23-18(17)11-15/h4-10,15H,11-12H2,1-3H3,(H,22,24)(H,23,25)/b16-4+/t15-,21+/m0/s1. The Morgan fingerprint density at radius 2 is 2.12 bits per heavy atom. The molecule has 128 valence electrons. The Hall–Kier alpha value is -2.62. The van der Waals surface area contributed by atoms with Crippen molar-refractivity contribution in [2.24, 2.45) is 5.92 Å². The van der Waals surface area contributed by atoms with Crippen LogP contribution in [0.5, 0.6) is 0 Å². The number of rotatable bonds is 2. The molecule has 4 nitrogen and oxygen atoms in total. The van der Waals surface area contributed by atoms with Crippen molar-refractivity contribution in [3.05, 3.63) is 80.9 Å². The second kappa shape index (κ2) is 5.73. The van der Waals surface area contributed by atoms with Crippen LogP contribution in [0.4, 0.5) is 5.82 Å². The smallest absolute Gasteiger partial charge is 0.248 e. The molecular formula is C21H23N3O. The van der Waals surface area contributed by atoms with E-state index in [1.165, 1.54) is 11.1 Å². The number of aromatic nitrogens is 2. The first kappa shape index (κ1) is 15.9. The van der Waals surface area contributed by atoms with E-state index in [1.54, 1.807) is 6.07 Å². The van der Waals surface area contributed by atoms with Gasteiger partial charge in [0.1, 0.15) is 5.82 Å². The van der Waals surface area contributed by atoms with E-state index in [9.17, 15) is 4.79 Å². The first-order chi connectivity index (χ1) is 12.0.